The van der Waals surface area contributed by atoms with Crippen LogP contribution >= 0.6 is 0 Å². The van der Waals surface area contributed by atoms with E-state index in [9.17, 15) is 4.79 Å². The highest BCUT2D eigenvalue weighted by molar-refractivity contribution is 5.72. The predicted molar refractivity (Wildman–Crippen MR) is 56.4 cm³/mol. The molecule has 0 aromatic rings. The lowest BCUT2D eigenvalue weighted by atomic mass is 9.96. The van der Waals surface area contributed by atoms with Crippen molar-refractivity contribution in [1.29, 1.82) is 0 Å². The summed E-state index contributed by atoms with van der Waals surface area (Å²) in [6.07, 6.45) is 1.96. The van der Waals surface area contributed by atoms with Crippen molar-refractivity contribution in [2.24, 2.45) is 17.7 Å². The van der Waals surface area contributed by atoms with Crippen molar-refractivity contribution in [3.05, 3.63) is 0 Å². The Kier molecular flexibility index (Phi) is 7.42. The van der Waals surface area contributed by atoms with Crippen LogP contribution in [0.2, 0.25) is 0 Å². The molecule has 0 saturated heterocycles. The Labute approximate surface area is 86.2 Å². The number of rotatable bonds is 7. The van der Waals surface area contributed by atoms with Crippen molar-refractivity contribution in [1.82, 2.24) is 5.43 Å². The molecule has 0 aliphatic heterocycles. The number of nitrogens with two attached hydrogens (primary N) is 1. The fourth-order valence-corrected chi connectivity index (χ4v) is 1.14. The predicted octanol–water partition coefficient (Wildman–Crippen LogP) is 1.07. The van der Waals surface area contributed by atoms with Gasteiger partial charge >= 0.3 is 5.97 Å². The highest BCUT2D eigenvalue weighted by Gasteiger charge is 2.22. The minimum atomic E-state index is -0.147. The minimum absolute atomic E-state index is 0.142. The summed E-state index contributed by atoms with van der Waals surface area (Å²) in [6, 6.07) is 0. The van der Waals surface area contributed by atoms with Gasteiger partial charge in [0.2, 0.25) is 0 Å². The van der Waals surface area contributed by atoms with Crippen molar-refractivity contribution in [2.45, 2.75) is 33.6 Å². The number of esters is 1. The Morgan fingerprint density at radius 1 is 1.50 bits per heavy atom. The van der Waals surface area contributed by atoms with Gasteiger partial charge in [0.1, 0.15) is 0 Å². The van der Waals surface area contributed by atoms with Gasteiger partial charge in [0, 0.05) is 6.54 Å². The van der Waals surface area contributed by atoms with Gasteiger partial charge in [-0.1, -0.05) is 27.2 Å². The Morgan fingerprint density at radius 3 is 2.57 bits per heavy atom. The van der Waals surface area contributed by atoms with E-state index in [1.165, 1.54) is 0 Å². The third kappa shape index (κ3) is 5.19. The summed E-state index contributed by atoms with van der Waals surface area (Å²) in [6.45, 7) is 7.03. The Hall–Kier alpha value is -0.610. The van der Waals surface area contributed by atoms with Gasteiger partial charge in [0.25, 0.3) is 0 Å². The first-order chi connectivity index (χ1) is 6.63. The number of carbonyl (C=O) groups is 1. The molecule has 0 bridgehead atoms. The van der Waals surface area contributed by atoms with Gasteiger partial charge in [-0.05, 0) is 12.3 Å². The molecule has 3 N–H and O–H groups in total. The second kappa shape index (κ2) is 7.76. The van der Waals surface area contributed by atoms with Gasteiger partial charge in [-0.15, -0.1) is 0 Å². The Bertz CT molecular complexity index is 160. The molecule has 0 spiro atoms. The molecule has 4 nitrogen and oxygen atoms in total. The second-order valence-electron chi connectivity index (χ2n) is 3.78. The Morgan fingerprint density at radius 2 is 2.14 bits per heavy atom. The van der Waals surface area contributed by atoms with Crippen molar-refractivity contribution in [3.63, 3.8) is 0 Å². The maximum atomic E-state index is 11.5. The maximum Gasteiger partial charge on any atom is 0.310 e. The lowest BCUT2D eigenvalue weighted by molar-refractivity contribution is -0.150. The average Bonchev–Trinajstić information content (AvgIpc) is 2.13. The molecular formula is C10H22N2O2. The van der Waals surface area contributed by atoms with Crippen LogP contribution in [-0.2, 0) is 9.53 Å². The van der Waals surface area contributed by atoms with Crippen LogP contribution < -0.4 is 11.3 Å². The number of carbonyl (C=O) groups excluding carboxylic acids is 1. The van der Waals surface area contributed by atoms with E-state index in [-0.39, 0.29) is 17.8 Å². The zero-order valence-corrected chi connectivity index (χ0v) is 9.38. The van der Waals surface area contributed by atoms with Crippen molar-refractivity contribution in [3.8, 4) is 0 Å². The summed E-state index contributed by atoms with van der Waals surface area (Å²) in [5, 5.41) is 0. The molecule has 1 unspecified atom stereocenters. The average molecular weight is 202 g/mol. The van der Waals surface area contributed by atoms with Crippen LogP contribution in [0.4, 0.5) is 0 Å². The number of hydrazine groups is 1. The van der Waals surface area contributed by atoms with Gasteiger partial charge in [0.15, 0.2) is 0 Å². The lowest BCUT2D eigenvalue weighted by Crippen LogP contribution is -2.36. The van der Waals surface area contributed by atoms with Crippen molar-refractivity contribution >= 4 is 5.97 Å². The van der Waals surface area contributed by atoms with Gasteiger partial charge in [0.05, 0.1) is 12.5 Å². The van der Waals surface area contributed by atoms with Crippen molar-refractivity contribution < 1.29 is 9.53 Å². The maximum absolute atomic E-state index is 11.5. The first kappa shape index (κ1) is 13.4. The van der Waals surface area contributed by atoms with E-state index in [1.54, 1.807) is 0 Å². The molecule has 0 aromatic heterocycles. The molecular weight excluding hydrogens is 180 g/mol. The van der Waals surface area contributed by atoms with E-state index < -0.39 is 0 Å². The molecule has 0 radical (unpaired) electrons. The summed E-state index contributed by atoms with van der Waals surface area (Å²) in [4.78, 5) is 11.5. The molecule has 14 heavy (non-hydrogen) atoms. The summed E-state index contributed by atoms with van der Waals surface area (Å²) in [5.41, 5.74) is 2.52. The van der Waals surface area contributed by atoms with Gasteiger partial charge in [-0.2, -0.15) is 0 Å². The van der Waals surface area contributed by atoms with Crippen molar-refractivity contribution in [2.75, 3.05) is 13.2 Å². The van der Waals surface area contributed by atoms with Crippen LogP contribution in [0.1, 0.15) is 33.6 Å². The molecule has 84 valence electrons. The van der Waals surface area contributed by atoms with Gasteiger partial charge < -0.3 is 4.74 Å². The minimum Gasteiger partial charge on any atom is -0.465 e. The molecule has 0 aliphatic rings. The standard InChI is InChI=1S/C10H22N2O2/c1-4-5-6-14-10(13)9(7-12-11)8(2)3/h8-9,12H,4-7,11H2,1-3H3. The largest absolute Gasteiger partial charge is 0.465 e. The van der Waals surface area contributed by atoms with E-state index in [0.717, 1.165) is 12.8 Å². The van der Waals surface area contributed by atoms with Crippen LogP contribution in [0.15, 0.2) is 0 Å². The highest BCUT2D eigenvalue weighted by atomic mass is 16.5. The number of unbranched alkanes of at least 4 members (excludes halogenated alkanes) is 1. The molecule has 0 amide bonds. The molecule has 0 aliphatic carbocycles. The van der Waals surface area contributed by atoms with Crippen LogP contribution in [-0.4, -0.2) is 19.1 Å². The van der Waals surface area contributed by atoms with Crippen LogP contribution in [0, 0.1) is 11.8 Å². The van der Waals surface area contributed by atoms with E-state index in [1.807, 2.05) is 13.8 Å². The third-order valence-corrected chi connectivity index (χ3v) is 2.19. The van der Waals surface area contributed by atoms with E-state index >= 15 is 0 Å². The number of hydrogen-bond donors (Lipinski definition) is 2. The lowest BCUT2D eigenvalue weighted by Gasteiger charge is -2.18. The van der Waals surface area contributed by atoms with E-state index in [4.69, 9.17) is 10.6 Å². The monoisotopic (exact) mass is 202 g/mol. The molecule has 4 heteroatoms. The Balaban J connectivity index is 3.89. The van der Waals surface area contributed by atoms with Crippen LogP contribution in [0.3, 0.4) is 0 Å². The van der Waals surface area contributed by atoms with Crippen LogP contribution in [0.25, 0.3) is 0 Å². The van der Waals surface area contributed by atoms with Gasteiger partial charge in [-0.3, -0.25) is 16.1 Å². The SMILES string of the molecule is CCCCOC(=O)C(CNN)C(C)C. The zero-order valence-electron chi connectivity index (χ0n) is 9.38. The quantitative estimate of drug-likeness (QED) is 0.280. The molecule has 1 atom stereocenters. The molecule has 0 fully saturated rings. The summed E-state index contributed by atoms with van der Waals surface area (Å²) in [7, 11) is 0. The number of ether oxygens (including phenoxy) is 1. The number of hydrogen-bond acceptors (Lipinski definition) is 4. The van der Waals surface area contributed by atoms with Gasteiger partial charge in [-0.25, -0.2) is 0 Å². The fourth-order valence-electron chi connectivity index (χ4n) is 1.14. The molecule has 0 rings (SSSR count). The topological polar surface area (TPSA) is 64.3 Å². The summed E-state index contributed by atoms with van der Waals surface area (Å²) >= 11 is 0. The first-order valence-corrected chi connectivity index (χ1v) is 5.23. The molecule has 0 aromatic carbocycles. The normalized spacial score (nSPS) is 12.9. The van der Waals surface area contributed by atoms with Crippen LogP contribution in [0.5, 0.6) is 0 Å². The number of nitrogens with one attached hydrogen (secondary N) is 1. The smallest absolute Gasteiger partial charge is 0.310 e. The second-order valence-corrected chi connectivity index (χ2v) is 3.78. The molecule has 0 saturated carbocycles. The van der Waals surface area contributed by atoms with E-state index in [0.29, 0.717) is 13.2 Å². The summed E-state index contributed by atoms with van der Waals surface area (Å²) in [5.74, 6) is 5.16. The zero-order chi connectivity index (χ0) is 11.0. The summed E-state index contributed by atoms with van der Waals surface area (Å²) < 4.78 is 5.12. The van der Waals surface area contributed by atoms with E-state index in [2.05, 4.69) is 12.3 Å². The molecule has 0 heterocycles. The first-order valence-electron chi connectivity index (χ1n) is 5.23. The third-order valence-electron chi connectivity index (χ3n) is 2.19. The fraction of sp³-hybridized carbons (Fsp3) is 0.900. The highest BCUT2D eigenvalue weighted by Crippen LogP contribution is 2.11.